The lowest BCUT2D eigenvalue weighted by Crippen LogP contribution is -2.13. The molecule has 0 saturated heterocycles. The summed E-state index contributed by atoms with van der Waals surface area (Å²) in [7, 11) is 1.34. The number of rotatable bonds is 1. The Morgan fingerprint density at radius 2 is 2.19 bits per heavy atom. The summed E-state index contributed by atoms with van der Waals surface area (Å²) >= 11 is 2.09. The van der Waals surface area contributed by atoms with E-state index in [0.717, 1.165) is 9.13 Å². The lowest BCUT2D eigenvalue weighted by Gasteiger charge is -2.14. The van der Waals surface area contributed by atoms with Crippen LogP contribution >= 0.6 is 22.6 Å². The fraction of sp³-hybridized carbons (Fsp3) is 0.167. The maximum Gasteiger partial charge on any atom is 0.338 e. The van der Waals surface area contributed by atoms with Crippen molar-refractivity contribution in [2.45, 2.75) is 6.42 Å². The van der Waals surface area contributed by atoms with Crippen molar-refractivity contribution >= 4 is 34.3 Å². The first-order valence-electron chi connectivity index (χ1n) is 4.75. The second kappa shape index (κ2) is 4.37. The van der Waals surface area contributed by atoms with E-state index in [-0.39, 0.29) is 5.78 Å². The van der Waals surface area contributed by atoms with Gasteiger partial charge in [0.2, 0.25) is 0 Å². The van der Waals surface area contributed by atoms with Crippen molar-refractivity contribution in [2.75, 3.05) is 7.11 Å². The van der Waals surface area contributed by atoms with Gasteiger partial charge < -0.3 is 4.74 Å². The third-order valence-corrected chi connectivity index (χ3v) is 3.10. The third-order valence-electron chi connectivity index (χ3n) is 2.48. The van der Waals surface area contributed by atoms with E-state index in [0.29, 0.717) is 17.5 Å². The number of hydrogen-bond acceptors (Lipinski definition) is 3. The van der Waals surface area contributed by atoms with E-state index >= 15 is 0 Å². The zero-order valence-electron chi connectivity index (χ0n) is 8.62. The average molecular weight is 328 g/mol. The number of fused-ring (bicyclic) bond motifs is 1. The molecule has 0 bridgehead atoms. The van der Waals surface area contributed by atoms with Crippen LogP contribution in [-0.4, -0.2) is 18.9 Å². The molecular weight excluding hydrogens is 319 g/mol. The number of ether oxygens (including phenoxy) is 1. The number of halogens is 1. The standard InChI is InChI=1S/C12H9IO3/c1-16-12(15)10-6-7(13)5-9-8(10)3-2-4-11(9)14/h2,4-6H,3H2,1H3. The number of carbonyl (C=O) groups is 2. The van der Waals surface area contributed by atoms with Gasteiger partial charge in [-0.2, -0.15) is 0 Å². The predicted molar refractivity (Wildman–Crippen MR) is 67.7 cm³/mol. The van der Waals surface area contributed by atoms with Crippen LogP contribution in [0.25, 0.3) is 0 Å². The van der Waals surface area contributed by atoms with Crippen LogP contribution in [0.3, 0.4) is 0 Å². The second-order valence-corrected chi connectivity index (χ2v) is 4.69. The van der Waals surface area contributed by atoms with E-state index in [2.05, 4.69) is 22.6 Å². The highest BCUT2D eigenvalue weighted by molar-refractivity contribution is 14.1. The van der Waals surface area contributed by atoms with Gasteiger partial charge in [-0.15, -0.1) is 0 Å². The molecule has 0 unspecified atom stereocenters. The Hall–Kier alpha value is -1.17. The molecule has 0 saturated carbocycles. The van der Waals surface area contributed by atoms with Crippen molar-refractivity contribution in [2.24, 2.45) is 0 Å². The number of methoxy groups -OCH3 is 1. The van der Waals surface area contributed by atoms with Gasteiger partial charge in [0.25, 0.3) is 0 Å². The first kappa shape index (κ1) is 11.3. The molecular formula is C12H9IO3. The van der Waals surface area contributed by atoms with Gasteiger partial charge in [0, 0.05) is 9.13 Å². The molecule has 2 rings (SSSR count). The average Bonchev–Trinajstić information content (AvgIpc) is 2.28. The molecule has 0 aliphatic heterocycles. The van der Waals surface area contributed by atoms with E-state index in [4.69, 9.17) is 4.74 Å². The minimum absolute atomic E-state index is 0.0510. The Morgan fingerprint density at radius 1 is 1.44 bits per heavy atom. The highest BCUT2D eigenvalue weighted by Crippen LogP contribution is 2.24. The van der Waals surface area contributed by atoms with Gasteiger partial charge in [-0.1, -0.05) is 6.08 Å². The molecule has 0 N–H and O–H groups in total. The Balaban J connectivity index is 2.64. The lowest BCUT2D eigenvalue weighted by molar-refractivity contribution is 0.0599. The molecule has 0 spiro atoms. The molecule has 1 aromatic carbocycles. The van der Waals surface area contributed by atoms with Gasteiger partial charge in [0.1, 0.15) is 0 Å². The van der Waals surface area contributed by atoms with Gasteiger partial charge >= 0.3 is 5.97 Å². The fourth-order valence-electron chi connectivity index (χ4n) is 1.74. The van der Waals surface area contributed by atoms with Crippen molar-refractivity contribution in [1.82, 2.24) is 0 Å². The first-order chi connectivity index (χ1) is 7.63. The number of ketones is 1. The van der Waals surface area contributed by atoms with E-state index < -0.39 is 5.97 Å². The SMILES string of the molecule is COC(=O)c1cc(I)cc2c1CC=CC2=O. The summed E-state index contributed by atoms with van der Waals surface area (Å²) in [5.74, 6) is -0.442. The highest BCUT2D eigenvalue weighted by Gasteiger charge is 2.21. The molecule has 0 fully saturated rings. The summed E-state index contributed by atoms with van der Waals surface area (Å²) in [5.41, 5.74) is 1.86. The van der Waals surface area contributed by atoms with E-state index in [1.807, 2.05) is 0 Å². The predicted octanol–water partition coefficient (Wildman–Crippen LogP) is 2.37. The molecule has 0 heterocycles. The van der Waals surface area contributed by atoms with Crippen LogP contribution < -0.4 is 0 Å². The van der Waals surface area contributed by atoms with Crippen LogP contribution in [0.1, 0.15) is 26.3 Å². The maximum atomic E-state index is 11.7. The van der Waals surface area contributed by atoms with Gasteiger partial charge in [0.15, 0.2) is 5.78 Å². The Kier molecular flexibility index (Phi) is 3.09. The van der Waals surface area contributed by atoms with Crippen LogP contribution in [0, 0.1) is 3.57 Å². The Bertz CT molecular complexity index is 503. The zero-order valence-corrected chi connectivity index (χ0v) is 10.8. The van der Waals surface area contributed by atoms with Crippen LogP contribution in [0.2, 0.25) is 0 Å². The van der Waals surface area contributed by atoms with E-state index in [1.165, 1.54) is 7.11 Å². The minimum Gasteiger partial charge on any atom is -0.465 e. The quantitative estimate of drug-likeness (QED) is 0.587. The molecule has 1 aliphatic carbocycles. The summed E-state index contributed by atoms with van der Waals surface area (Å²) in [6.07, 6.45) is 3.91. The van der Waals surface area contributed by atoms with Crippen molar-refractivity contribution in [3.63, 3.8) is 0 Å². The zero-order chi connectivity index (χ0) is 11.7. The van der Waals surface area contributed by atoms with Crippen molar-refractivity contribution < 1.29 is 14.3 Å². The van der Waals surface area contributed by atoms with Crippen LogP contribution in [0.15, 0.2) is 24.3 Å². The van der Waals surface area contributed by atoms with Crippen molar-refractivity contribution in [3.05, 3.63) is 44.5 Å². The number of benzene rings is 1. The van der Waals surface area contributed by atoms with Crippen LogP contribution in [0.4, 0.5) is 0 Å². The minimum atomic E-state index is -0.391. The third kappa shape index (κ3) is 1.89. The lowest BCUT2D eigenvalue weighted by atomic mass is 9.91. The normalized spacial score (nSPS) is 13.5. The second-order valence-electron chi connectivity index (χ2n) is 3.44. The molecule has 0 radical (unpaired) electrons. The maximum absolute atomic E-state index is 11.7. The van der Waals surface area contributed by atoms with Gasteiger partial charge in [-0.3, -0.25) is 4.79 Å². The van der Waals surface area contributed by atoms with Crippen LogP contribution in [-0.2, 0) is 11.2 Å². The number of hydrogen-bond donors (Lipinski definition) is 0. The van der Waals surface area contributed by atoms with E-state index in [9.17, 15) is 9.59 Å². The van der Waals surface area contributed by atoms with Crippen molar-refractivity contribution in [3.8, 4) is 0 Å². The molecule has 0 atom stereocenters. The monoisotopic (exact) mass is 328 g/mol. The highest BCUT2D eigenvalue weighted by atomic mass is 127. The van der Waals surface area contributed by atoms with Gasteiger partial charge in [-0.25, -0.2) is 4.79 Å². The summed E-state index contributed by atoms with van der Waals surface area (Å²) in [5, 5.41) is 0. The summed E-state index contributed by atoms with van der Waals surface area (Å²) in [6, 6.07) is 3.55. The number of esters is 1. The molecule has 16 heavy (non-hydrogen) atoms. The Labute approximate surface area is 107 Å². The van der Waals surface area contributed by atoms with Crippen molar-refractivity contribution in [1.29, 1.82) is 0 Å². The van der Waals surface area contributed by atoms with Crippen LogP contribution in [0.5, 0.6) is 0 Å². The molecule has 4 heteroatoms. The molecule has 82 valence electrons. The summed E-state index contributed by atoms with van der Waals surface area (Å²) in [6.45, 7) is 0. The molecule has 0 aromatic heterocycles. The smallest absolute Gasteiger partial charge is 0.338 e. The molecule has 1 aromatic rings. The fourth-order valence-corrected chi connectivity index (χ4v) is 2.37. The molecule has 3 nitrogen and oxygen atoms in total. The largest absolute Gasteiger partial charge is 0.465 e. The summed E-state index contributed by atoms with van der Waals surface area (Å²) in [4.78, 5) is 23.2. The van der Waals surface area contributed by atoms with Gasteiger partial charge in [0.05, 0.1) is 12.7 Å². The number of carbonyl (C=O) groups excluding carboxylic acids is 2. The Morgan fingerprint density at radius 3 is 2.88 bits per heavy atom. The number of allylic oxidation sites excluding steroid dienone is 2. The first-order valence-corrected chi connectivity index (χ1v) is 5.83. The molecule has 1 aliphatic rings. The molecule has 0 amide bonds. The topological polar surface area (TPSA) is 43.4 Å². The summed E-state index contributed by atoms with van der Waals surface area (Å²) < 4.78 is 5.58. The van der Waals surface area contributed by atoms with E-state index in [1.54, 1.807) is 24.3 Å². The van der Waals surface area contributed by atoms with Gasteiger partial charge in [-0.05, 0) is 52.8 Å².